The van der Waals surface area contributed by atoms with Gasteiger partial charge in [-0.25, -0.2) is 13.8 Å². The SMILES string of the molecule is O=C(O)CCc1csc(Cc2ccc(F)c(F)c2)n1. The minimum Gasteiger partial charge on any atom is -0.481 e. The van der Waals surface area contributed by atoms with Crippen molar-refractivity contribution in [2.45, 2.75) is 19.3 Å². The number of hydrogen-bond acceptors (Lipinski definition) is 3. The maximum absolute atomic E-state index is 13.0. The van der Waals surface area contributed by atoms with Crippen LogP contribution in [0.15, 0.2) is 23.6 Å². The minimum atomic E-state index is -0.875. The highest BCUT2D eigenvalue weighted by atomic mass is 32.1. The molecule has 0 amide bonds. The summed E-state index contributed by atoms with van der Waals surface area (Å²) >= 11 is 1.39. The highest BCUT2D eigenvalue weighted by molar-refractivity contribution is 7.09. The van der Waals surface area contributed by atoms with Gasteiger partial charge in [0.2, 0.25) is 0 Å². The van der Waals surface area contributed by atoms with Gasteiger partial charge in [0.25, 0.3) is 0 Å². The highest BCUT2D eigenvalue weighted by Gasteiger charge is 2.07. The summed E-state index contributed by atoms with van der Waals surface area (Å²) in [5.41, 5.74) is 1.35. The van der Waals surface area contributed by atoms with Gasteiger partial charge in [0, 0.05) is 18.2 Å². The van der Waals surface area contributed by atoms with Crippen LogP contribution in [-0.2, 0) is 17.6 Å². The van der Waals surface area contributed by atoms with Crippen molar-refractivity contribution in [3.63, 3.8) is 0 Å². The van der Waals surface area contributed by atoms with E-state index in [-0.39, 0.29) is 6.42 Å². The standard InChI is InChI=1S/C13H11F2NO2S/c14-10-3-1-8(5-11(10)15)6-12-16-9(7-19-12)2-4-13(17)18/h1,3,5,7H,2,4,6H2,(H,17,18). The number of benzene rings is 1. The summed E-state index contributed by atoms with van der Waals surface area (Å²) in [5.74, 6) is -2.61. The van der Waals surface area contributed by atoms with Gasteiger partial charge in [-0.05, 0) is 17.7 Å². The summed E-state index contributed by atoms with van der Waals surface area (Å²) in [4.78, 5) is 14.7. The largest absolute Gasteiger partial charge is 0.481 e. The molecule has 0 atom stereocenters. The van der Waals surface area contributed by atoms with Crippen LogP contribution >= 0.6 is 11.3 Å². The predicted molar refractivity (Wildman–Crippen MR) is 67.2 cm³/mol. The number of rotatable bonds is 5. The lowest BCUT2D eigenvalue weighted by Crippen LogP contribution is -1.98. The second-order valence-electron chi connectivity index (χ2n) is 4.05. The normalized spacial score (nSPS) is 10.6. The van der Waals surface area contributed by atoms with Crippen molar-refractivity contribution in [1.82, 2.24) is 4.98 Å². The van der Waals surface area contributed by atoms with Crippen LogP contribution in [0.3, 0.4) is 0 Å². The number of carboxylic acid groups (broad SMARTS) is 1. The molecule has 1 aromatic heterocycles. The van der Waals surface area contributed by atoms with Crippen LogP contribution in [0.4, 0.5) is 8.78 Å². The molecule has 0 spiro atoms. The Morgan fingerprint density at radius 3 is 2.79 bits per heavy atom. The van der Waals surface area contributed by atoms with Crippen molar-refractivity contribution in [3.8, 4) is 0 Å². The topological polar surface area (TPSA) is 50.2 Å². The molecular formula is C13H11F2NO2S. The molecule has 0 fully saturated rings. The smallest absolute Gasteiger partial charge is 0.303 e. The van der Waals surface area contributed by atoms with E-state index in [1.807, 2.05) is 0 Å². The van der Waals surface area contributed by atoms with E-state index in [0.717, 1.165) is 17.1 Å². The first-order valence-corrected chi connectivity index (χ1v) is 6.51. The molecule has 0 saturated carbocycles. The maximum atomic E-state index is 13.0. The first kappa shape index (κ1) is 13.6. The first-order chi connectivity index (χ1) is 9.04. The number of hydrogen-bond donors (Lipinski definition) is 1. The zero-order chi connectivity index (χ0) is 13.8. The van der Waals surface area contributed by atoms with Crippen molar-refractivity contribution in [3.05, 3.63) is 51.5 Å². The van der Waals surface area contributed by atoms with E-state index in [1.165, 1.54) is 17.4 Å². The zero-order valence-electron chi connectivity index (χ0n) is 9.90. The average Bonchev–Trinajstić information content (AvgIpc) is 2.79. The molecule has 3 nitrogen and oxygen atoms in total. The predicted octanol–water partition coefficient (Wildman–Crippen LogP) is 3.03. The molecule has 2 aromatic rings. The highest BCUT2D eigenvalue weighted by Crippen LogP contribution is 2.17. The molecular weight excluding hydrogens is 272 g/mol. The Hall–Kier alpha value is -1.82. The molecule has 1 aromatic carbocycles. The van der Waals surface area contributed by atoms with Gasteiger partial charge in [-0.1, -0.05) is 6.07 Å². The lowest BCUT2D eigenvalue weighted by molar-refractivity contribution is -0.136. The molecule has 6 heteroatoms. The number of carbonyl (C=O) groups is 1. The van der Waals surface area contributed by atoms with Crippen molar-refractivity contribution in [2.24, 2.45) is 0 Å². The van der Waals surface area contributed by atoms with Gasteiger partial charge in [0.1, 0.15) is 0 Å². The van der Waals surface area contributed by atoms with Crippen LogP contribution in [0.2, 0.25) is 0 Å². The zero-order valence-corrected chi connectivity index (χ0v) is 10.7. The molecule has 0 radical (unpaired) electrons. The Morgan fingerprint density at radius 1 is 1.32 bits per heavy atom. The number of aromatic nitrogens is 1. The molecule has 100 valence electrons. The summed E-state index contributed by atoms with van der Waals surface area (Å²) < 4.78 is 25.8. The second kappa shape index (κ2) is 5.88. The van der Waals surface area contributed by atoms with Crippen molar-refractivity contribution >= 4 is 17.3 Å². The van der Waals surface area contributed by atoms with Gasteiger partial charge in [-0.15, -0.1) is 11.3 Å². The lowest BCUT2D eigenvalue weighted by atomic mass is 10.1. The lowest BCUT2D eigenvalue weighted by Gasteiger charge is -1.99. The van der Waals surface area contributed by atoms with E-state index in [1.54, 1.807) is 5.38 Å². The minimum absolute atomic E-state index is 0.0361. The quantitative estimate of drug-likeness (QED) is 0.917. The Kier molecular flexibility index (Phi) is 4.21. The average molecular weight is 283 g/mol. The fourth-order valence-electron chi connectivity index (χ4n) is 1.60. The van der Waals surface area contributed by atoms with Gasteiger partial charge < -0.3 is 5.11 Å². The molecule has 0 bridgehead atoms. The van der Waals surface area contributed by atoms with E-state index in [4.69, 9.17) is 5.11 Å². The summed E-state index contributed by atoms with van der Waals surface area (Å²) in [5, 5.41) is 11.1. The third-order valence-corrected chi connectivity index (χ3v) is 3.43. The Bertz CT molecular complexity index is 598. The summed E-state index contributed by atoms with van der Waals surface area (Å²) in [6, 6.07) is 3.74. The van der Waals surface area contributed by atoms with Gasteiger partial charge >= 0.3 is 5.97 Å². The van der Waals surface area contributed by atoms with Crippen molar-refractivity contribution in [2.75, 3.05) is 0 Å². The molecule has 1 N–H and O–H groups in total. The Morgan fingerprint density at radius 2 is 2.11 bits per heavy atom. The summed E-state index contributed by atoms with van der Waals surface area (Å²) in [6.07, 6.45) is 0.826. The number of thiazole rings is 1. The number of aliphatic carboxylic acids is 1. The van der Waals surface area contributed by atoms with Crippen molar-refractivity contribution < 1.29 is 18.7 Å². The Labute approximate surface area is 112 Å². The molecule has 0 aliphatic rings. The number of halogens is 2. The monoisotopic (exact) mass is 283 g/mol. The van der Waals surface area contributed by atoms with Crippen LogP contribution < -0.4 is 0 Å². The van der Waals surface area contributed by atoms with E-state index in [9.17, 15) is 13.6 Å². The van der Waals surface area contributed by atoms with E-state index >= 15 is 0 Å². The maximum Gasteiger partial charge on any atom is 0.303 e. The fraction of sp³-hybridized carbons (Fsp3) is 0.231. The molecule has 0 aliphatic heterocycles. The molecule has 2 rings (SSSR count). The molecule has 0 aliphatic carbocycles. The van der Waals surface area contributed by atoms with Crippen LogP contribution in [-0.4, -0.2) is 16.1 Å². The van der Waals surface area contributed by atoms with Gasteiger partial charge in [-0.3, -0.25) is 4.79 Å². The number of nitrogens with zero attached hydrogens (tertiary/aromatic N) is 1. The third-order valence-electron chi connectivity index (χ3n) is 2.53. The summed E-state index contributed by atoms with van der Waals surface area (Å²) in [6.45, 7) is 0. The molecule has 0 saturated heterocycles. The van der Waals surface area contributed by atoms with Crippen LogP contribution in [0.1, 0.15) is 22.7 Å². The summed E-state index contributed by atoms with van der Waals surface area (Å²) in [7, 11) is 0. The van der Waals surface area contributed by atoms with Crippen molar-refractivity contribution in [1.29, 1.82) is 0 Å². The van der Waals surface area contributed by atoms with Crippen LogP contribution in [0.5, 0.6) is 0 Å². The number of carboxylic acids is 1. The van der Waals surface area contributed by atoms with E-state index in [0.29, 0.717) is 24.1 Å². The van der Waals surface area contributed by atoms with Gasteiger partial charge in [-0.2, -0.15) is 0 Å². The van der Waals surface area contributed by atoms with Gasteiger partial charge in [0.05, 0.1) is 17.1 Å². The molecule has 1 heterocycles. The Balaban J connectivity index is 2.02. The van der Waals surface area contributed by atoms with E-state index in [2.05, 4.69) is 4.98 Å². The molecule has 19 heavy (non-hydrogen) atoms. The first-order valence-electron chi connectivity index (χ1n) is 5.63. The second-order valence-corrected chi connectivity index (χ2v) is 4.99. The fourth-order valence-corrected chi connectivity index (χ4v) is 2.47. The third kappa shape index (κ3) is 3.82. The van der Waals surface area contributed by atoms with Crippen LogP contribution in [0.25, 0.3) is 0 Å². The number of aryl methyl sites for hydroxylation is 1. The molecule has 0 unspecified atom stereocenters. The van der Waals surface area contributed by atoms with E-state index < -0.39 is 17.6 Å². The van der Waals surface area contributed by atoms with Gasteiger partial charge in [0.15, 0.2) is 11.6 Å². The van der Waals surface area contributed by atoms with Crippen LogP contribution in [0, 0.1) is 11.6 Å².